The monoisotopic (exact) mass is 369 g/mol. The maximum atomic E-state index is 12.0. The molecule has 0 unspecified atom stereocenters. The third-order valence-corrected chi connectivity index (χ3v) is 5.61. The van der Waals surface area contributed by atoms with E-state index in [1.807, 2.05) is 0 Å². The van der Waals surface area contributed by atoms with Crippen LogP contribution in [-0.4, -0.2) is 69.6 Å². The fourth-order valence-electron chi connectivity index (χ4n) is 2.64. The van der Waals surface area contributed by atoms with Crippen molar-refractivity contribution in [3.05, 3.63) is 29.8 Å². The highest BCUT2D eigenvalue weighted by Gasteiger charge is 2.18. The summed E-state index contributed by atoms with van der Waals surface area (Å²) in [4.78, 5) is 14.2. The number of benzene rings is 1. The van der Waals surface area contributed by atoms with Crippen molar-refractivity contribution in [2.45, 2.75) is 25.4 Å². The van der Waals surface area contributed by atoms with E-state index in [-0.39, 0.29) is 18.6 Å². The van der Waals surface area contributed by atoms with Gasteiger partial charge in [0.15, 0.2) is 6.61 Å². The Labute approximate surface area is 150 Å². The Hall–Kier alpha value is -1.64. The SMILES string of the molecule is CN1CCC(NC(=O)COc2ccc(CN(C)S(C)(=O)=O)cc2)CC1. The lowest BCUT2D eigenvalue weighted by Gasteiger charge is -2.29. The number of carbonyl (C=O) groups excluding carboxylic acids is 1. The van der Waals surface area contributed by atoms with Crippen LogP contribution in [0.4, 0.5) is 0 Å². The van der Waals surface area contributed by atoms with E-state index in [1.165, 1.54) is 17.6 Å². The van der Waals surface area contributed by atoms with E-state index in [0.29, 0.717) is 12.3 Å². The van der Waals surface area contributed by atoms with E-state index in [0.717, 1.165) is 31.5 Å². The zero-order chi connectivity index (χ0) is 18.4. The summed E-state index contributed by atoms with van der Waals surface area (Å²) in [5.41, 5.74) is 0.857. The Morgan fingerprint density at radius 2 is 1.88 bits per heavy atom. The highest BCUT2D eigenvalue weighted by Crippen LogP contribution is 2.14. The predicted molar refractivity (Wildman–Crippen MR) is 96.9 cm³/mol. The predicted octanol–water partition coefficient (Wildman–Crippen LogP) is 0.667. The molecule has 1 saturated heterocycles. The number of amides is 1. The normalized spacial score (nSPS) is 16.8. The summed E-state index contributed by atoms with van der Waals surface area (Å²) in [5.74, 6) is 0.472. The quantitative estimate of drug-likeness (QED) is 0.764. The van der Waals surface area contributed by atoms with E-state index in [9.17, 15) is 13.2 Å². The molecule has 1 aliphatic rings. The van der Waals surface area contributed by atoms with Crippen LogP contribution in [0, 0.1) is 0 Å². The molecule has 1 fully saturated rings. The molecule has 25 heavy (non-hydrogen) atoms. The molecule has 1 aromatic carbocycles. The molecule has 1 heterocycles. The van der Waals surface area contributed by atoms with Crippen molar-refractivity contribution in [3.63, 3.8) is 0 Å². The second-order valence-corrected chi connectivity index (χ2v) is 8.69. The molecule has 0 atom stereocenters. The summed E-state index contributed by atoms with van der Waals surface area (Å²) < 4.78 is 29.6. The second-order valence-electron chi connectivity index (χ2n) is 6.60. The average Bonchev–Trinajstić information content (AvgIpc) is 2.55. The van der Waals surface area contributed by atoms with Gasteiger partial charge in [-0.3, -0.25) is 4.79 Å². The average molecular weight is 369 g/mol. The maximum Gasteiger partial charge on any atom is 0.258 e. The third kappa shape index (κ3) is 6.64. The van der Waals surface area contributed by atoms with Gasteiger partial charge in [-0.1, -0.05) is 12.1 Å². The number of rotatable bonds is 7. The fraction of sp³-hybridized carbons (Fsp3) is 0.588. The Bertz CT molecular complexity index is 668. The Morgan fingerprint density at radius 1 is 1.28 bits per heavy atom. The van der Waals surface area contributed by atoms with Gasteiger partial charge in [-0.2, -0.15) is 0 Å². The first kappa shape index (κ1) is 19.7. The first-order valence-corrected chi connectivity index (χ1v) is 10.2. The lowest BCUT2D eigenvalue weighted by Crippen LogP contribution is -2.44. The van der Waals surface area contributed by atoms with Crippen LogP contribution in [0.25, 0.3) is 0 Å². The van der Waals surface area contributed by atoms with Crippen LogP contribution in [-0.2, 0) is 21.4 Å². The van der Waals surface area contributed by atoms with Gasteiger partial charge in [-0.15, -0.1) is 0 Å². The highest BCUT2D eigenvalue weighted by molar-refractivity contribution is 7.88. The number of carbonyl (C=O) groups is 1. The summed E-state index contributed by atoms with van der Waals surface area (Å²) in [6.45, 7) is 2.27. The van der Waals surface area contributed by atoms with Crippen molar-refractivity contribution >= 4 is 15.9 Å². The lowest BCUT2D eigenvalue weighted by atomic mass is 10.1. The van der Waals surface area contributed by atoms with Crippen molar-refractivity contribution in [2.75, 3.05) is 40.0 Å². The standard InChI is InChI=1S/C17H27N3O4S/c1-19-10-8-15(9-11-19)18-17(21)13-24-16-6-4-14(5-7-16)12-20(2)25(3,22)23/h4-7,15H,8-13H2,1-3H3,(H,18,21). The van der Waals surface area contributed by atoms with Gasteiger partial charge in [0.2, 0.25) is 10.0 Å². The van der Waals surface area contributed by atoms with Gasteiger partial charge >= 0.3 is 0 Å². The van der Waals surface area contributed by atoms with Gasteiger partial charge in [0.1, 0.15) is 5.75 Å². The molecule has 1 aliphatic heterocycles. The zero-order valence-corrected chi connectivity index (χ0v) is 15.9. The van der Waals surface area contributed by atoms with E-state index in [2.05, 4.69) is 17.3 Å². The summed E-state index contributed by atoms with van der Waals surface area (Å²) >= 11 is 0. The second kappa shape index (κ2) is 8.64. The molecule has 8 heteroatoms. The number of hydrogen-bond acceptors (Lipinski definition) is 5. The van der Waals surface area contributed by atoms with Crippen molar-refractivity contribution in [3.8, 4) is 5.75 Å². The van der Waals surface area contributed by atoms with Crippen LogP contribution in [0.5, 0.6) is 5.75 Å². The van der Waals surface area contributed by atoms with E-state index in [1.54, 1.807) is 24.3 Å². The number of hydrogen-bond donors (Lipinski definition) is 1. The van der Waals surface area contributed by atoms with E-state index < -0.39 is 10.0 Å². The minimum Gasteiger partial charge on any atom is -0.484 e. The summed E-state index contributed by atoms with van der Waals surface area (Å²) in [6.07, 6.45) is 3.10. The van der Waals surface area contributed by atoms with Crippen LogP contribution in [0.15, 0.2) is 24.3 Å². The molecule has 0 aromatic heterocycles. The molecule has 0 aliphatic carbocycles. The molecule has 0 bridgehead atoms. The van der Waals surface area contributed by atoms with Crippen LogP contribution in [0.2, 0.25) is 0 Å². The van der Waals surface area contributed by atoms with Gasteiger partial charge in [-0.25, -0.2) is 12.7 Å². The van der Waals surface area contributed by atoms with E-state index >= 15 is 0 Å². The number of nitrogens with one attached hydrogen (secondary N) is 1. The van der Waals surface area contributed by atoms with Crippen molar-refractivity contribution in [1.82, 2.24) is 14.5 Å². The van der Waals surface area contributed by atoms with Crippen LogP contribution < -0.4 is 10.1 Å². The highest BCUT2D eigenvalue weighted by atomic mass is 32.2. The van der Waals surface area contributed by atoms with Crippen LogP contribution in [0.1, 0.15) is 18.4 Å². The number of nitrogens with zero attached hydrogens (tertiary/aromatic N) is 2. The first-order valence-electron chi connectivity index (χ1n) is 8.35. The molecule has 1 amide bonds. The largest absolute Gasteiger partial charge is 0.484 e. The topological polar surface area (TPSA) is 79.0 Å². The number of sulfonamides is 1. The summed E-state index contributed by atoms with van der Waals surface area (Å²) in [5, 5.41) is 3.00. The Balaban J connectivity index is 1.76. The van der Waals surface area contributed by atoms with Crippen LogP contribution >= 0.6 is 0 Å². The fourth-order valence-corrected chi connectivity index (χ4v) is 3.02. The molecule has 1 aromatic rings. The maximum absolute atomic E-state index is 12.0. The number of ether oxygens (including phenoxy) is 1. The zero-order valence-electron chi connectivity index (χ0n) is 15.1. The Kier molecular flexibility index (Phi) is 6.80. The molecular formula is C17H27N3O4S. The third-order valence-electron chi connectivity index (χ3n) is 4.35. The lowest BCUT2D eigenvalue weighted by molar-refractivity contribution is -0.124. The van der Waals surface area contributed by atoms with Gasteiger partial charge in [0.25, 0.3) is 5.91 Å². The van der Waals surface area contributed by atoms with Gasteiger partial charge in [-0.05, 0) is 50.7 Å². The summed E-state index contributed by atoms with van der Waals surface area (Å²) in [7, 11) is 0.413. The minimum atomic E-state index is -3.20. The minimum absolute atomic E-state index is 0.0189. The molecule has 0 radical (unpaired) electrons. The van der Waals surface area contributed by atoms with Crippen LogP contribution in [0.3, 0.4) is 0 Å². The van der Waals surface area contributed by atoms with Gasteiger partial charge in [0, 0.05) is 19.6 Å². The molecule has 7 nitrogen and oxygen atoms in total. The molecule has 0 saturated carbocycles. The Morgan fingerprint density at radius 3 is 2.44 bits per heavy atom. The smallest absolute Gasteiger partial charge is 0.258 e. The molecule has 140 valence electrons. The molecule has 0 spiro atoms. The van der Waals surface area contributed by atoms with Gasteiger partial charge in [0.05, 0.1) is 6.26 Å². The number of piperidine rings is 1. The van der Waals surface area contributed by atoms with Crippen molar-refractivity contribution in [2.24, 2.45) is 0 Å². The summed E-state index contributed by atoms with van der Waals surface area (Å²) in [6, 6.07) is 7.31. The van der Waals surface area contributed by atoms with Crippen molar-refractivity contribution < 1.29 is 17.9 Å². The van der Waals surface area contributed by atoms with Gasteiger partial charge < -0.3 is 15.0 Å². The van der Waals surface area contributed by atoms with Crippen molar-refractivity contribution in [1.29, 1.82) is 0 Å². The molecule has 1 N–H and O–H groups in total. The molecule has 2 rings (SSSR count). The first-order chi connectivity index (χ1) is 11.7. The number of likely N-dealkylation sites (tertiary alicyclic amines) is 1. The van der Waals surface area contributed by atoms with E-state index in [4.69, 9.17) is 4.74 Å². The molecular weight excluding hydrogens is 342 g/mol.